The standard InChI is InChI=1S/C24H34O3/c1-14-12-18-20-7-6-19(15(2)25)23(20,4)11-9-21(18)24(5)10-8-17(13-22(14)24)27-16(3)26/h6,17-18,20-21H,7-13H2,1-5H3. The first-order valence-electron chi connectivity index (χ1n) is 10.7. The van der Waals surface area contributed by atoms with E-state index in [1.807, 2.05) is 0 Å². The predicted molar refractivity (Wildman–Crippen MR) is 106 cm³/mol. The summed E-state index contributed by atoms with van der Waals surface area (Å²) in [5, 5.41) is 0. The molecule has 0 aliphatic heterocycles. The fourth-order valence-electron chi connectivity index (χ4n) is 7.53. The molecule has 6 atom stereocenters. The molecule has 2 fully saturated rings. The molecule has 0 radical (unpaired) electrons. The maximum atomic E-state index is 12.2. The lowest BCUT2D eigenvalue weighted by Crippen LogP contribution is -2.51. The second-order valence-electron chi connectivity index (χ2n) is 10.1. The van der Waals surface area contributed by atoms with Crippen LogP contribution in [0, 0.1) is 28.6 Å². The summed E-state index contributed by atoms with van der Waals surface area (Å²) in [6, 6.07) is 0. The normalized spacial score (nSPS) is 43.4. The van der Waals surface area contributed by atoms with Gasteiger partial charge in [-0.15, -0.1) is 0 Å². The molecule has 6 unspecified atom stereocenters. The zero-order valence-electron chi connectivity index (χ0n) is 17.6. The summed E-state index contributed by atoms with van der Waals surface area (Å²) in [5.74, 6) is 2.10. The third-order valence-electron chi connectivity index (χ3n) is 8.71. The molecule has 0 aromatic carbocycles. The fraction of sp³-hybridized carbons (Fsp3) is 0.750. The largest absolute Gasteiger partial charge is 0.462 e. The van der Waals surface area contributed by atoms with Crippen LogP contribution in [0.4, 0.5) is 0 Å². The van der Waals surface area contributed by atoms with Gasteiger partial charge in [-0.1, -0.05) is 31.1 Å². The summed E-state index contributed by atoms with van der Waals surface area (Å²) in [6.07, 6.45) is 9.91. The molecule has 0 aromatic heterocycles. The van der Waals surface area contributed by atoms with Gasteiger partial charge >= 0.3 is 5.97 Å². The van der Waals surface area contributed by atoms with Crippen molar-refractivity contribution in [3.63, 3.8) is 0 Å². The smallest absolute Gasteiger partial charge is 0.302 e. The van der Waals surface area contributed by atoms with Crippen molar-refractivity contribution < 1.29 is 14.3 Å². The molecule has 0 saturated heterocycles. The van der Waals surface area contributed by atoms with Crippen molar-refractivity contribution in [1.82, 2.24) is 0 Å². The van der Waals surface area contributed by atoms with Crippen LogP contribution in [0.1, 0.15) is 79.6 Å². The lowest BCUT2D eigenvalue weighted by molar-refractivity contribution is -0.148. The van der Waals surface area contributed by atoms with Crippen molar-refractivity contribution >= 4 is 11.8 Å². The SMILES string of the molecule is CC(=O)OC1CCC2(C)C(=C(C)CC3C4CC=C(C(C)=O)C4(C)CCC32)C1. The molecule has 27 heavy (non-hydrogen) atoms. The quantitative estimate of drug-likeness (QED) is 0.483. The van der Waals surface area contributed by atoms with Crippen LogP contribution in [0.2, 0.25) is 0 Å². The Kier molecular flexibility index (Phi) is 4.44. The zero-order valence-corrected chi connectivity index (χ0v) is 17.6. The molecule has 4 rings (SSSR count). The topological polar surface area (TPSA) is 43.4 Å². The highest BCUT2D eigenvalue weighted by Gasteiger charge is 2.58. The van der Waals surface area contributed by atoms with Crippen molar-refractivity contribution in [3.8, 4) is 0 Å². The minimum Gasteiger partial charge on any atom is -0.462 e. The Morgan fingerprint density at radius 2 is 1.74 bits per heavy atom. The van der Waals surface area contributed by atoms with Crippen LogP contribution in [-0.2, 0) is 14.3 Å². The van der Waals surface area contributed by atoms with E-state index in [1.54, 1.807) is 12.5 Å². The molecular formula is C24H34O3. The second-order valence-corrected chi connectivity index (χ2v) is 10.1. The molecule has 0 aromatic rings. The Labute approximate surface area is 163 Å². The summed E-state index contributed by atoms with van der Waals surface area (Å²) >= 11 is 0. The number of allylic oxidation sites excluding steroid dienone is 3. The number of carbonyl (C=O) groups is 2. The highest BCUT2D eigenvalue weighted by molar-refractivity contribution is 5.95. The van der Waals surface area contributed by atoms with Gasteiger partial charge in [0, 0.05) is 13.3 Å². The summed E-state index contributed by atoms with van der Waals surface area (Å²) in [5.41, 5.74) is 4.51. The van der Waals surface area contributed by atoms with Crippen molar-refractivity contribution in [1.29, 1.82) is 0 Å². The van der Waals surface area contributed by atoms with E-state index in [0.717, 1.165) is 44.1 Å². The average Bonchev–Trinajstić information content (AvgIpc) is 2.93. The van der Waals surface area contributed by atoms with Gasteiger partial charge in [-0.05, 0) is 86.5 Å². The van der Waals surface area contributed by atoms with Gasteiger partial charge < -0.3 is 4.74 Å². The van der Waals surface area contributed by atoms with E-state index in [2.05, 4.69) is 26.8 Å². The minimum absolute atomic E-state index is 0.0587. The van der Waals surface area contributed by atoms with Crippen LogP contribution in [-0.4, -0.2) is 17.9 Å². The Balaban J connectivity index is 1.64. The van der Waals surface area contributed by atoms with Crippen molar-refractivity contribution in [2.75, 3.05) is 0 Å². The molecule has 3 nitrogen and oxygen atoms in total. The summed E-state index contributed by atoms with van der Waals surface area (Å²) in [6.45, 7) is 10.4. The Morgan fingerprint density at radius 3 is 2.41 bits per heavy atom. The van der Waals surface area contributed by atoms with Crippen LogP contribution < -0.4 is 0 Å². The first-order valence-corrected chi connectivity index (χ1v) is 10.7. The van der Waals surface area contributed by atoms with Crippen LogP contribution in [0.5, 0.6) is 0 Å². The van der Waals surface area contributed by atoms with Crippen molar-refractivity contribution in [2.45, 2.75) is 85.7 Å². The van der Waals surface area contributed by atoms with E-state index in [1.165, 1.54) is 18.9 Å². The molecule has 4 aliphatic rings. The molecule has 0 bridgehead atoms. The molecule has 0 N–H and O–H groups in total. The number of ether oxygens (including phenoxy) is 1. The first kappa shape index (κ1) is 19.0. The number of esters is 1. The van der Waals surface area contributed by atoms with Gasteiger partial charge in [-0.25, -0.2) is 0 Å². The van der Waals surface area contributed by atoms with Crippen LogP contribution in [0.25, 0.3) is 0 Å². The Hall–Kier alpha value is -1.38. The molecule has 148 valence electrons. The van der Waals surface area contributed by atoms with Crippen molar-refractivity contribution in [2.24, 2.45) is 28.6 Å². The maximum Gasteiger partial charge on any atom is 0.302 e. The van der Waals surface area contributed by atoms with E-state index in [0.29, 0.717) is 17.8 Å². The van der Waals surface area contributed by atoms with Crippen molar-refractivity contribution in [3.05, 3.63) is 22.8 Å². The molecular weight excluding hydrogens is 336 g/mol. The highest BCUT2D eigenvalue weighted by Crippen LogP contribution is 2.66. The predicted octanol–water partition coefficient (Wildman–Crippen LogP) is 5.40. The number of hydrogen-bond donors (Lipinski definition) is 0. The van der Waals surface area contributed by atoms with E-state index in [-0.39, 0.29) is 28.7 Å². The van der Waals surface area contributed by atoms with Crippen LogP contribution >= 0.6 is 0 Å². The Morgan fingerprint density at radius 1 is 1.04 bits per heavy atom. The van der Waals surface area contributed by atoms with Gasteiger partial charge in [-0.3, -0.25) is 9.59 Å². The lowest BCUT2D eigenvalue weighted by atomic mass is 9.46. The number of fused-ring (bicyclic) bond motifs is 5. The third kappa shape index (κ3) is 2.76. The van der Waals surface area contributed by atoms with Gasteiger partial charge in [0.1, 0.15) is 6.10 Å². The highest BCUT2D eigenvalue weighted by atomic mass is 16.5. The summed E-state index contributed by atoms with van der Waals surface area (Å²) < 4.78 is 5.58. The first-order chi connectivity index (χ1) is 12.7. The number of carbonyl (C=O) groups excluding carboxylic acids is 2. The number of rotatable bonds is 2. The number of hydrogen-bond acceptors (Lipinski definition) is 3. The molecule has 3 heteroatoms. The Bertz CT molecular complexity index is 745. The van der Waals surface area contributed by atoms with Gasteiger partial charge in [0.2, 0.25) is 0 Å². The van der Waals surface area contributed by atoms with E-state index < -0.39 is 0 Å². The summed E-state index contributed by atoms with van der Waals surface area (Å²) in [7, 11) is 0. The van der Waals surface area contributed by atoms with Gasteiger partial charge in [0.25, 0.3) is 0 Å². The molecule has 2 saturated carbocycles. The lowest BCUT2D eigenvalue weighted by Gasteiger charge is -2.58. The second kappa shape index (κ2) is 6.32. The third-order valence-corrected chi connectivity index (χ3v) is 8.71. The minimum atomic E-state index is -0.155. The number of ketones is 1. The molecule has 4 aliphatic carbocycles. The van der Waals surface area contributed by atoms with Gasteiger partial charge in [0.05, 0.1) is 0 Å². The molecule has 0 spiro atoms. The van der Waals surface area contributed by atoms with E-state index in [9.17, 15) is 9.59 Å². The van der Waals surface area contributed by atoms with E-state index >= 15 is 0 Å². The van der Waals surface area contributed by atoms with E-state index in [4.69, 9.17) is 4.74 Å². The van der Waals surface area contributed by atoms with Crippen LogP contribution in [0.15, 0.2) is 22.8 Å². The maximum absolute atomic E-state index is 12.2. The summed E-state index contributed by atoms with van der Waals surface area (Å²) in [4.78, 5) is 23.7. The number of Topliss-reactive ketones (excluding diaryl/α,β-unsaturated/α-hetero) is 1. The zero-order chi connectivity index (χ0) is 19.6. The monoisotopic (exact) mass is 370 g/mol. The van der Waals surface area contributed by atoms with Crippen LogP contribution in [0.3, 0.4) is 0 Å². The molecule has 0 amide bonds. The average molecular weight is 371 g/mol. The molecule has 0 heterocycles. The van der Waals surface area contributed by atoms with Gasteiger partial charge in [-0.2, -0.15) is 0 Å². The van der Waals surface area contributed by atoms with Gasteiger partial charge in [0.15, 0.2) is 5.78 Å². The fourth-order valence-corrected chi connectivity index (χ4v) is 7.53.